The molecule has 0 fully saturated rings. The molecule has 0 radical (unpaired) electrons. The molecule has 0 unspecified atom stereocenters. The fraction of sp³-hybridized carbons (Fsp3) is 0.429. The molecule has 5 N–H and O–H groups in total. The highest BCUT2D eigenvalue weighted by atomic mass is 16.4. The van der Waals surface area contributed by atoms with Crippen LogP contribution in [0.4, 0.5) is 5.69 Å². The molecule has 0 aliphatic heterocycles. The van der Waals surface area contributed by atoms with E-state index in [1.807, 2.05) is 5.43 Å². The van der Waals surface area contributed by atoms with E-state index in [-0.39, 0.29) is 5.76 Å². The Hall–Kier alpha value is -2.08. The Morgan fingerprint density at radius 1 is 1.35 bits per heavy atom. The third-order valence-electron chi connectivity index (χ3n) is 3.86. The van der Waals surface area contributed by atoms with Crippen molar-refractivity contribution in [3.8, 4) is 0 Å². The molecule has 0 saturated carbocycles. The SMILES string of the molecule is CC(C)c1nc2oc(C(=O)NN)c(N)c2c2c1CCC2. The fourth-order valence-corrected chi connectivity index (χ4v) is 2.99. The number of nitrogens with zero attached hydrogens (tertiary/aromatic N) is 1. The van der Waals surface area contributed by atoms with Gasteiger partial charge in [-0.25, -0.2) is 10.8 Å². The van der Waals surface area contributed by atoms with Crippen LogP contribution in [0.2, 0.25) is 0 Å². The van der Waals surface area contributed by atoms with Gasteiger partial charge in [-0.15, -0.1) is 0 Å². The molecule has 106 valence electrons. The lowest BCUT2D eigenvalue weighted by Crippen LogP contribution is -2.30. The largest absolute Gasteiger partial charge is 0.430 e. The van der Waals surface area contributed by atoms with Gasteiger partial charge >= 0.3 is 5.91 Å². The van der Waals surface area contributed by atoms with Gasteiger partial charge in [-0.05, 0) is 36.3 Å². The van der Waals surface area contributed by atoms with Gasteiger partial charge < -0.3 is 10.2 Å². The predicted molar refractivity (Wildman–Crippen MR) is 76.2 cm³/mol. The van der Waals surface area contributed by atoms with Crippen LogP contribution in [0, 0.1) is 0 Å². The average molecular weight is 274 g/mol. The smallest absolute Gasteiger partial charge is 0.303 e. The molecule has 0 aromatic carbocycles. The molecule has 0 atom stereocenters. The molecule has 2 aromatic rings. The Labute approximate surface area is 116 Å². The first-order valence-corrected chi connectivity index (χ1v) is 6.79. The maximum Gasteiger partial charge on any atom is 0.303 e. The quantitative estimate of drug-likeness (QED) is 0.438. The van der Waals surface area contributed by atoms with Crippen molar-refractivity contribution in [1.82, 2.24) is 10.4 Å². The summed E-state index contributed by atoms with van der Waals surface area (Å²) in [5.41, 5.74) is 12.4. The van der Waals surface area contributed by atoms with E-state index in [0.717, 1.165) is 30.3 Å². The third kappa shape index (κ3) is 1.68. The molecule has 20 heavy (non-hydrogen) atoms. The highest BCUT2D eigenvalue weighted by molar-refractivity contribution is 6.05. The van der Waals surface area contributed by atoms with E-state index < -0.39 is 5.91 Å². The van der Waals surface area contributed by atoms with Gasteiger partial charge in [0.15, 0.2) is 0 Å². The topological polar surface area (TPSA) is 107 Å². The van der Waals surface area contributed by atoms with Crippen LogP contribution >= 0.6 is 0 Å². The van der Waals surface area contributed by atoms with Gasteiger partial charge in [0, 0.05) is 0 Å². The summed E-state index contributed by atoms with van der Waals surface area (Å²) in [6.07, 6.45) is 3.04. The normalized spacial score (nSPS) is 14.0. The van der Waals surface area contributed by atoms with Crippen LogP contribution in [-0.2, 0) is 12.8 Å². The van der Waals surface area contributed by atoms with E-state index in [1.165, 1.54) is 11.1 Å². The Morgan fingerprint density at radius 2 is 2.05 bits per heavy atom. The summed E-state index contributed by atoms with van der Waals surface area (Å²) in [6, 6.07) is 0. The maximum atomic E-state index is 11.7. The summed E-state index contributed by atoms with van der Waals surface area (Å²) in [4.78, 5) is 16.3. The first-order chi connectivity index (χ1) is 9.54. The number of nitrogens with two attached hydrogens (primary N) is 2. The minimum absolute atomic E-state index is 0.0463. The summed E-state index contributed by atoms with van der Waals surface area (Å²) in [7, 11) is 0. The molecule has 1 aliphatic rings. The number of anilines is 1. The zero-order chi connectivity index (χ0) is 14.4. The average Bonchev–Trinajstić information content (AvgIpc) is 3.01. The van der Waals surface area contributed by atoms with Crippen molar-refractivity contribution in [3.63, 3.8) is 0 Å². The number of aromatic nitrogens is 1. The number of hydrazine groups is 1. The number of nitrogens with one attached hydrogen (secondary N) is 1. The van der Waals surface area contributed by atoms with E-state index in [2.05, 4.69) is 18.8 Å². The lowest BCUT2D eigenvalue weighted by atomic mass is 9.98. The number of hydrogen-bond acceptors (Lipinski definition) is 5. The molecule has 0 saturated heterocycles. The van der Waals surface area contributed by atoms with E-state index in [0.29, 0.717) is 17.3 Å². The van der Waals surface area contributed by atoms with Crippen LogP contribution in [0.15, 0.2) is 4.42 Å². The van der Waals surface area contributed by atoms with Gasteiger partial charge in [0.05, 0.1) is 16.8 Å². The fourth-order valence-electron chi connectivity index (χ4n) is 2.99. The van der Waals surface area contributed by atoms with E-state index in [1.54, 1.807) is 0 Å². The second kappa shape index (κ2) is 4.49. The molecule has 2 heterocycles. The zero-order valence-electron chi connectivity index (χ0n) is 11.6. The van der Waals surface area contributed by atoms with Crippen LogP contribution < -0.4 is 17.0 Å². The Bertz CT molecular complexity index is 703. The van der Waals surface area contributed by atoms with Crippen molar-refractivity contribution in [2.24, 2.45) is 5.84 Å². The molecular weight excluding hydrogens is 256 g/mol. The van der Waals surface area contributed by atoms with E-state index in [4.69, 9.17) is 16.0 Å². The molecule has 0 spiro atoms. The van der Waals surface area contributed by atoms with Crippen LogP contribution in [-0.4, -0.2) is 10.9 Å². The lowest BCUT2D eigenvalue weighted by molar-refractivity contribution is 0.0929. The monoisotopic (exact) mass is 274 g/mol. The van der Waals surface area contributed by atoms with Crippen molar-refractivity contribution in [3.05, 3.63) is 22.6 Å². The molecular formula is C14H18N4O2. The summed E-state index contributed by atoms with van der Waals surface area (Å²) in [6.45, 7) is 4.21. The summed E-state index contributed by atoms with van der Waals surface area (Å²) < 4.78 is 5.54. The number of rotatable bonds is 2. The molecule has 1 amide bonds. The summed E-state index contributed by atoms with van der Waals surface area (Å²) >= 11 is 0. The van der Waals surface area contributed by atoms with Gasteiger partial charge in [-0.3, -0.25) is 10.2 Å². The molecule has 6 heteroatoms. The standard InChI is InChI=1S/C14H18N4O2/c1-6(2)11-8-5-3-4-7(8)9-10(15)12(13(19)18-16)20-14(9)17-11/h6H,3-5,15-16H2,1-2H3,(H,18,19). The number of fused-ring (bicyclic) bond motifs is 3. The highest BCUT2D eigenvalue weighted by Crippen LogP contribution is 2.39. The van der Waals surface area contributed by atoms with Gasteiger partial charge in [-0.1, -0.05) is 13.8 Å². The minimum atomic E-state index is -0.529. The Morgan fingerprint density at radius 3 is 2.70 bits per heavy atom. The van der Waals surface area contributed by atoms with Crippen molar-refractivity contribution in [2.75, 3.05) is 5.73 Å². The molecule has 3 rings (SSSR count). The molecule has 1 aliphatic carbocycles. The van der Waals surface area contributed by atoms with Gasteiger partial charge in [0.2, 0.25) is 11.5 Å². The minimum Gasteiger partial charge on any atom is -0.430 e. The number of aryl methyl sites for hydroxylation is 1. The number of carbonyl (C=O) groups excluding carboxylic acids is 1. The zero-order valence-corrected chi connectivity index (χ0v) is 11.6. The first-order valence-electron chi connectivity index (χ1n) is 6.79. The number of amides is 1. The third-order valence-corrected chi connectivity index (χ3v) is 3.86. The number of pyridine rings is 1. The Kier molecular flexibility index (Phi) is 2.90. The molecule has 6 nitrogen and oxygen atoms in total. The van der Waals surface area contributed by atoms with Crippen molar-refractivity contribution < 1.29 is 9.21 Å². The predicted octanol–water partition coefficient (Wildman–Crippen LogP) is 1.63. The van der Waals surface area contributed by atoms with E-state index >= 15 is 0 Å². The van der Waals surface area contributed by atoms with Gasteiger partial charge in [0.25, 0.3) is 0 Å². The number of nitrogen functional groups attached to an aromatic ring is 2. The highest BCUT2D eigenvalue weighted by Gasteiger charge is 2.27. The van der Waals surface area contributed by atoms with Crippen molar-refractivity contribution in [1.29, 1.82) is 0 Å². The molecule has 0 bridgehead atoms. The summed E-state index contributed by atoms with van der Waals surface area (Å²) in [5, 5.41) is 0.778. The summed E-state index contributed by atoms with van der Waals surface area (Å²) in [5.74, 6) is 4.98. The van der Waals surface area contributed by atoms with Gasteiger partial charge in [-0.2, -0.15) is 0 Å². The van der Waals surface area contributed by atoms with Crippen molar-refractivity contribution in [2.45, 2.75) is 39.0 Å². The first kappa shape index (κ1) is 12.9. The van der Waals surface area contributed by atoms with Crippen LogP contribution in [0.3, 0.4) is 0 Å². The van der Waals surface area contributed by atoms with E-state index in [9.17, 15) is 4.79 Å². The Balaban J connectivity index is 2.33. The second-order valence-electron chi connectivity index (χ2n) is 5.46. The van der Waals surface area contributed by atoms with Crippen LogP contribution in [0.5, 0.6) is 0 Å². The number of hydrogen-bond donors (Lipinski definition) is 3. The maximum absolute atomic E-state index is 11.7. The van der Waals surface area contributed by atoms with Crippen LogP contribution in [0.1, 0.15) is 53.6 Å². The van der Waals surface area contributed by atoms with Crippen LogP contribution in [0.25, 0.3) is 11.1 Å². The lowest BCUT2D eigenvalue weighted by Gasteiger charge is -2.11. The molecule has 2 aromatic heterocycles. The van der Waals surface area contributed by atoms with Crippen molar-refractivity contribution >= 4 is 22.7 Å². The number of furan rings is 1. The van der Waals surface area contributed by atoms with Gasteiger partial charge in [0.1, 0.15) is 0 Å². The number of carbonyl (C=O) groups is 1. The second-order valence-corrected chi connectivity index (χ2v) is 5.46.